The smallest absolute Gasteiger partial charge is 0.343 e. The first-order valence-electron chi connectivity index (χ1n) is 9.51. The van der Waals surface area contributed by atoms with Crippen molar-refractivity contribution in [3.05, 3.63) is 34.9 Å². The van der Waals surface area contributed by atoms with Gasteiger partial charge in [-0.15, -0.1) is 0 Å². The van der Waals surface area contributed by atoms with Gasteiger partial charge < -0.3 is 14.6 Å². The average molecular weight is 430 g/mol. The van der Waals surface area contributed by atoms with Crippen LogP contribution in [0.1, 0.15) is 74.5 Å². The summed E-state index contributed by atoms with van der Waals surface area (Å²) in [4.78, 5) is 0. The summed E-state index contributed by atoms with van der Waals surface area (Å²) in [6.45, 7) is 2.05. The molecule has 1 aromatic rings. The number of halogens is 6. The Labute approximate surface area is 167 Å². The highest BCUT2D eigenvalue weighted by Gasteiger charge is 2.42. The molecular formula is C20H28F6O3. The van der Waals surface area contributed by atoms with Crippen LogP contribution in [0.25, 0.3) is 0 Å². The van der Waals surface area contributed by atoms with E-state index >= 15 is 0 Å². The Kier molecular flexibility index (Phi) is 9.43. The van der Waals surface area contributed by atoms with Crippen molar-refractivity contribution in [3.63, 3.8) is 0 Å². The Bertz CT molecular complexity index is 591. The molecule has 0 aromatic heterocycles. The largest absolute Gasteiger partial charge is 0.416 e. The summed E-state index contributed by atoms with van der Waals surface area (Å²) in [6.07, 6.45) is -4.67. The molecule has 0 aliphatic carbocycles. The first-order valence-corrected chi connectivity index (χ1v) is 9.51. The minimum absolute atomic E-state index is 0.0595. The van der Waals surface area contributed by atoms with Crippen molar-refractivity contribution >= 4 is 0 Å². The van der Waals surface area contributed by atoms with Gasteiger partial charge in [0.05, 0.1) is 17.0 Å². The molecule has 0 spiro atoms. The zero-order valence-electron chi connectivity index (χ0n) is 16.8. The third-order valence-corrected chi connectivity index (χ3v) is 4.88. The van der Waals surface area contributed by atoms with Crippen LogP contribution in [-0.2, 0) is 21.8 Å². The first-order chi connectivity index (χ1) is 13.4. The second-order valence-electron chi connectivity index (χ2n) is 6.99. The van der Waals surface area contributed by atoms with Crippen molar-refractivity contribution in [2.24, 2.45) is 0 Å². The highest BCUT2D eigenvalue weighted by atomic mass is 19.4. The van der Waals surface area contributed by atoms with E-state index in [2.05, 4.69) is 6.92 Å². The normalized spacial score (nSPS) is 14.3. The Balaban J connectivity index is 3.29. The molecule has 0 fully saturated rings. The van der Waals surface area contributed by atoms with E-state index in [1.807, 2.05) is 0 Å². The molecule has 9 heteroatoms. The predicted octanol–water partition coefficient (Wildman–Crippen LogP) is 6.50. The molecule has 0 saturated heterocycles. The molecule has 1 atom stereocenters. The number of ether oxygens (including phenoxy) is 2. The van der Waals surface area contributed by atoms with E-state index in [1.165, 1.54) is 0 Å². The summed E-state index contributed by atoms with van der Waals surface area (Å²) >= 11 is 0. The number of aliphatic hydroxyl groups is 1. The SMILES string of the molecule is CCCCCCCCC(c1cc(C(F)(F)F)cc(C(F)(F)F)c1)C(O)(OC)OC. The molecule has 29 heavy (non-hydrogen) atoms. The van der Waals surface area contributed by atoms with E-state index in [0.717, 1.165) is 46.3 Å². The van der Waals surface area contributed by atoms with E-state index in [-0.39, 0.29) is 18.1 Å². The maximum atomic E-state index is 13.2. The van der Waals surface area contributed by atoms with Crippen LogP contribution in [0.2, 0.25) is 0 Å². The molecule has 0 saturated carbocycles. The lowest BCUT2D eigenvalue weighted by Gasteiger charge is -2.34. The van der Waals surface area contributed by atoms with Gasteiger partial charge in [-0.3, -0.25) is 0 Å². The van der Waals surface area contributed by atoms with Gasteiger partial charge >= 0.3 is 12.4 Å². The fraction of sp³-hybridized carbons (Fsp3) is 0.700. The summed E-state index contributed by atoms with van der Waals surface area (Å²) in [5.74, 6) is -3.58. The molecule has 3 nitrogen and oxygen atoms in total. The Hall–Kier alpha value is -1.32. The molecule has 0 heterocycles. The highest BCUT2D eigenvalue weighted by Crippen LogP contribution is 2.41. The van der Waals surface area contributed by atoms with Gasteiger partial charge in [-0.25, -0.2) is 0 Å². The molecule has 0 bridgehead atoms. The second kappa shape index (κ2) is 10.6. The van der Waals surface area contributed by atoms with Crippen LogP contribution in [0.3, 0.4) is 0 Å². The van der Waals surface area contributed by atoms with Gasteiger partial charge in [-0.1, -0.05) is 45.4 Å². The quantitative estimate of drug-likeness (QED) is 0.248. The van der Waals surface area contributed by atoms with Gasteiger partial charge in [0, 0.05) is 14.2 Å². The number of methoxy groups -OCH3 is 2. The number of alkyl halides is 6. The second-order valence-corrected chi connectivity index (χ2v) is 6.99. The van der Waals surface area contributed by atoms with E-state index in [1.54, 1.807) is 0 Å². The summed E-state index contributed by atoms with van der Waals surface area (Å²) < 4.78 is 89.0. The Morgan fingerprint density at radius 1 is 0.793 bits per heavy atom. The van der Waals surface area contributed by atoms with Crippen molar-refractivity contribution in [1.82, 2.24) is 0 Å². The van der Waals surface area contributed by atoms with E-state index in [0.29, 0.717) is 18.6 Å². The third-order valence-electron chi connectivity index (χ3n) is 4.88. The van der Waals surface area contributed by atoms with Crippen molar-refractivity contribution in [2.75, 3.05) is 14.2 Å². The van der Waals surface area contributed by atoms with Gasteiger partial charge in [0.2, 0.25) is 0 Å². The molecule has 0 aliphatic heterocycles. The standard InChI is InChI=1S/C20H28F6O3/c1-4-5-6-7-8-9-10-17(20(27,28-2)29-3)14-11-15(18(21,22)23)13-16(12-14)19(24,25)26/h11-13,17,27H,4-10H2,1-3H3. The molecule has 168 valence electrons. The highest BCUT2D eigenvalue weighted by molar-refractivity contribution is 5.36. The Morgan fingerprint density at radius 3 is 1.66 bits per heavy atom. The number of rotatable bonds is 11. The van der Waals surface area contributed by atoms with Crippen LogP contribution < -0.4 is 0 Å². The summed E-state index contributed by atoms with van der Waals surface area (Å²) in [5.41, 5.74) is -3.22. The maximum absolute atomic E-state index is 13.2. The average Bonchev–Trinajstić information content (AvgIpc) is 2.65. The van der Waals surface area contributed by atoms with E-state index in [9.17, 15) is 31.4 Å². The van der Waals surface area contributed by atoms with Crippen LogP contribution in [0.4, 0.5) is 26.3 Å². The lowest BCUT2D eigenvalue weighted by molar-refractivity contribution is -0.353. The van der Waals surface area contributed by atoms with Crippen LogP contribution in [0.15, 0.2) is 18.2 Å². The number of hydrogen-bond donors (Lipinski definition) is 1. The zero-order chi connectivity index (χ0) is 22.3. The van der Waals surface area contributed by atoms with Crippen LogP contribution in [0.5, 0.6) is 0 Å². The van der Waals surface area contributed by atoms with Gasteiger partial charge in [-0.05, 0) is 30.2 Å². The summed E-state index contributed by atoms with van der Waals surface area (Å²) in [7, 11) is 2.16. The van der Waals surface area contributed by atoms with Gasteiger partial charge in [0.1, 0.15) is 0 Å². The monoisotopic (exact) mass is 430 g/mol. The Morgan fingerprint density at radius 2 is 1.24 bits per heavy atom. The number of hydrogen-bond acceptors (Lipinski definition) is 3. The topological polar surface area (TPSA) is 38.7 Å². The molecule has 0 amide bonds. The molecule has 0 aliphatic rings. The first kappa shape index (κ1) is 25.7. The molecular weight excluding hydrogens is 402 g/mol. The van der Waals surface area contributed by atoms with Crippen LogP contribution in [0, 0.1) is 0 Å². The van der Waals surface area contributed by atoms with Gasteiger partial charge in [0.15, 0.2) is 0 Å². The minimum Gasteiger partial charge on any atom is -0.343 e. The molecule has 0 radical (unpaired) electrons. The van der Waals surface area contributed by atoms with Crippen molar-refractivity contribution in [1.29, 1.82) is 0 Å². The van der Waals surface area contributed by atoms with E-state index < -0.39 is 35.4 Å². The molecule has 1 aromatic carbocycles. The lowest BCUT2D eigenvalue weighted by Crippen LogP contribution is -2.40. The van der Waals surface area contributed by atoms with Crippen molar-refractivity contribution in [3.8, 4) is 0 Å². The predicted molar refractivity (Wildman–Crippen MR) is 96.1 cm³/mol. The molecule has 1 unspecified atom stereocenters. The van der Waals surface area contributed by atoms with E-state index in [4.69, 9.17) is 9.47 Å². The summed E-state index contributed by atoms with van der Waals surface area (Å²) in [5, 5.41) is 10.6. The fourth-order valence-electron chi connectivity index (χ4n) is 3.24. The van der Waals surface area contributed by atoms with Crippen molar-refractivity contribution < 1.29 is 40.9 Å². The number of unbranched alkanes of at least 4 members (excludes halogenated alkanes) is 5. The van der Waals surface area contributed by atoms with Crippen LogP contribution in [-0.4, -0.2) is 25.3 Å². The molecule has 1 N–H and O–H groups in total. The minimum atomic E-state index is -4.97. The fourth-order valence-corrected chi connectivity index (χ4v) is 3.24. The lowest BCUT2D eigenvalue weighted by atomic mass is 9.88. The zero-order valence-corrected chi connectivity index (χ0v) is 16.8. The number of benzene rings is 1. The summed E-state index contributed by atoms with van der Waals surface area (Å²) in [6, 6.07) is 1.28. The maximum Gasteiger partial charge on any atom is 0.416 e. The van der Waals surface area contributed by atoms with Gasteiger partial charge in [0.25, 0.3) is 5.97 Å². The third kappa shape index (κ3) is 7.46. The molecule has 1 rings (SSSR count). The van der Waals surface area contributed by atoms with Crippen molar-refractivity contribution in [2.45, 2.75) is 76.1 Å². The van der Waals surface area contributed by atoms with Gasteiger partial charge in [-0.2, -0.15) is 26.3 Å². The van der Waals surface area contributed by atoms with Crippen LogP contribution >= 0.6 is 0 Å².